The minimum Gasteiger partial charge on any atom is -0.466 e. The number of fused-ring (bicyclic) bond motifs is 1. The first-order chi connectivity index (χ1) is 11.1. The molecule has 0 radical (unpaired) electrons. The molecular weight excluding hydrogens is 308 g/mol. The first-order valence-corrected chi connectivity index (χ1v) is 8.36. The van der Waals surface area contributed by atoms with Crippen LogP contribution in [0.1, 0.15) is 29.5 Å². The molecule has 1 unspecified atom stereocenters. The van der Waals surface area contributed by atoms with Crippen molar-refractivity contribution in [1.29, 1.82) is 0 Å². The van der Waals surface area contributed by atoms with Gasteiger partial charge in [0, 0.05) is 29.9 Å². The number of aryl methyl sites for hydroxylation is 1. The molecule has 0 spiro atoms. The molecule has 1 aromatic carbocycles. The molecule has 0 fully saturated rings. The fourth-order valence-corrected chi connectivity index (χ4v) is 4.13. The first kappa shape index (κ1) is 15.6. The largest absolute Gasteiger partial charge is 0.466 e. The highest BCUT2D eigenvalue weighted by atomic mass is 32.1. The second kappa shape index (κ2) is 6.08. The Kier molecular flexibility index (Phi) is 4.13. The van der Waals surface area contributed by atoms with Crippen LogP contribution in [0, 0.1) is 6.92 Å². The highest BCUT2D eigenvalue weighted by Crippen LogP contribution is 2.46. The lowest BCUT2D eigenvalue weighted by atomic mass is 9.81. The lowest BCUT2D eigenvalue weighted by Crippen LogP contribution is -2.23. The third-order valence-corrected chi connectivity index (χ3v) is 5.25. The van der Waals surface area contributed by atoms with Crippen LogP contribution in [0.4, 0.5) is 10.7 Å². The summed E-state index contributed by atoms with van der Waals surface area (Å²) in [6, 6.07) is 8.18. The van der Waals surface area contributed by atoms with Crippen LogP contribution in [0.3, 0.4) is 0 Å². The zero-order valence-electron chi connectivity index (χ0n) is 13.7. The van der Waals surface area contributed by atoms with Gasteiger partial charge in [0.2, 0.25) is 0 Å². The Balaban J connectivity index is 2.23. The molecule has 2 N–H and O–H groups in total. The predicted molar refractivity (Wildman–Crippen MR) is 95.2 cm³/mol. The molecule has 0 bridgehead atoms. The van der Waals surface area contributed by atoms with Crippen molar-refractivity contribution in [2.75, 3.05) is 24.8 Å². The molecular formula is C18H20N2O2S. The zero-order valence-corrected chi connectivity index (χ0v) is 14.5. The number of methoxy groups -OCH3 is 1. The van der Waals surface area contributed by atoms with Crippen molar-refractivity contribution < 1.29 is 9.53 Å². The van der Waals surface area contributed by atoms with Crippen LogP contribution in [-0.2, 0) is 9.53 Å². The molecule has 0 amide bonds. The van der Waals surface area contributed by atoms with Gasteiger partial charge in [-0.2, -0.15) is 0 Å². The summed E-state index contributed by atoms with van der Waals surface area (Å²) in [4.78, 5) is 12.4. The van der Waals surface area contributed by atoms with Crippen LogP contribution in [0.5, 0.6) is 0 Å². The number of carbonyl (C=O) groups is 1. The summed E-state index contributed by atoms with van der Waals surface area (Å²) in [6.45, 7) is 4.01. The average molecular weight is 328 g/mol. The van der Waals surface area contributed by atoms with Gasteiger partial charge in [0.1, 0.15) is 0 Å². The van der Waals surface area contributed by atoms with Crippen LogP contribution in [0.2, 0.25) is 0 Å². The summed E-state index contributed by atoms with van der Waals surface area (Å²) in [5, 5.41) is 9.75. The van der Waals surface area contributed by atoms with E-state index in [9.17, 15) is 4.79 Å². The predicted octanol–water partition coefficient (Wildman–Crippen LogP) is 4.10. The first-order valence-electron chi connectivity index (χ1n) is 7.48. The zero-order chi connectivity index (χ0) is 16.6. The summed E-state index contributed by atoms with van der Waals surface area (Å²) in [5.74, 6) is -0.399. The standard InChI is InChI=1S/C18H20N2O2S/c1-10-9-23-17-14(10)16(12-6-5-7-13(8-12)19-3)15(11(2)20-17)18(21)22-4/h5-9,16,19-20H,1-4H3. The van der Waals surface area contributed by atoms with Gasteiger partial charge < -0.3 is 15.4 Å². The number of anilines is 2. The molecule has 0 aliphatic carbocycles. The lowest BCUT2D eigenvalue weighted by molar-refractivity contribution is -0.136. The number of benzene rings is 1. The summed E-state index contributed by atoms with van der Waals surface area (Å²) in [7, 11) is 3.32. The third-order valence-electron chi connectivity index (χ3n) is 4.22. The van der Waals surface area contributed by atoms with Crippen molar-refractivity contribution >= 4 is 28.0 Å². The molecule has 1 aliphatic heterocycles. The highest BCUT2D eigenvalue weighted by molar-refractivity contribution is 7.14. The Labute approximate surface area is 140 Å². The molecule has 3 rings (SSSR count). The average Bonchev–Trinajstić information content (AvgIpc) is 2.93. The van der Waals surface area contributed by atoms with Gasteiger partial charge in [-0.25, -0.2) is 4.79 Å². The minimum atomic E-state index is -0.286. The van der Waals surface area contributed by atoms with Crippen molar-refractivity contribution in [2.24, 2.45) is 0 Å². The van der Waals surface area contributed by atoms with E-state index in [4.69, 9.17) is 4.74 Å². The van der Waals surface area contributed by atoms with E-state index in [1.54, 1.807) is 11.3 Å². The van der Waals surface area contributed by atoms with E-state index in [1.807, 2.05) is 26.1 Å². The number of rotatable bonds is 3. The Morgan fingerprint density at radius 2 is 2.13 bits per heavy atom. The second-order valence-corrected chi connectivity index (χ2v) is 6.50. The molecule has 2 aromatic rings. The van der Waals surface area contributed by atoms with Crippen molar-refractivity contribution in [3.8, 4) is 0 Å². The summed E-state index contributed by atoms with van der Waals surface area (Å²) < 4.78 is 5.05. The normalized spacial score (nSPS) is 16.6. The summed E-state index contributed by atoms with van der Waals surface area (Å²) in [5.41, 5.74) is 5.99. The molecule has 1 aromatic heterocycles. The van der Waals surface area contributed by atoms with Gasteiger partial charge in [-0.05, 0) is 42.5 Å². The molecule has 120 valence electrons. The third kappa shape index (κ3) is 2.61. The summed E-state index contributed by atoms with van der Waals surface area (Å²) >= 11 is 1.67. The Morgan fingerprint density at radius 3 is 2.83 bits per heavy atom. The number of allylic oxidation sites excluding steroid dienone is 1. The summed E-state index contributed by atoms with van der Waals surface area (Å²) in [6.07, 6.45) is 0. The fourth-order valence-electron chi connectivity index (χ4n) is 3.10. The fraction of sp³-hybridized carbons (Fsp3) is 0.278. The van der Waals surface area contributed by atoms with Crippen molar-refractivity contribution in [1.82, 2.24) is 0 Å². The smallest absolute Gasteiger partial charge is 0.336 e. The molecule has 1 atom stereocenters. The maximum absolute atomic E-state index is 12.4. The topological polar surface area (TPSA) is 50.4 Å². The Morgan fingerprint density at radius 1 is 1.35 bits per heavy atom. The quantitative estimate of drug-likeness (QED) is 0.833. The number of esters is 1. The molecule has 4 nitrogen and oxygen atoms in total. The van der Waals surface area contributed by atoms with Gasteiger partial charge in [-0.1, -0.05) is 12.1 Å². The Bertz CT molecular complexity index is 792. The minimum absolute atomic E-state index is 0.113. The van der Waals surface area contributed by atoms with E-state index >= 15 is 0 Å². The number of nitrogens with one attached hydrogen (secondary N) is 2. The molecule has 0 saturated heterocycles. The van der Waals surface area contributed by atoms with Gasteiger partial charge in [-0.15, -0.1) is 11.3 Å². The van der Waals surface area contributed by atoms with Gasteiger partial charge in [0.25, 0.3) is 0 Å². The van der Waals surface area contributed by atoms with Gasteiger partial charge in [0.05, 0.1) is 17.7 Å². The number of carbonyl (C=O) groups excluding carboxylic acids is 1. The van der Waals surface area contributed by atoms with E-state index < -0.39 is 0 Å². The van der Waals surface area contributed by atoms with Crippen molar-refractivity contribution in [3.05, 3.63) is 57.6 Å². The highest BCUT2D eigenvalue weighted by Gasteiger charge is 2.34. The molecule has 2 heterocycles. The van der Waals surface area contributed by atoms with Gasteiger partial charge in [0.15, 0.2) is 0 Å². The number of hydrogen-bond acceptors (Lipinski definition) is 5. The molecule has 23 heavy (non-hydrogen) atoms. The number of ether oxygens (including phenoxy) is 1. The van der Waals surface area contributed by atoms with Gasteiger partial charge >= 0.3 is 5.97 Å². The van der Waals surface area contributed by atoms with Crippen LogP contribution in [0.25, 0.3) is 0 Å². The monoisotopic (exact) mass is 328 g/mol. The molecule has 0 saturated carbocycles. The van der Waals surface area contributed by atoms with Crippen LogP contribution in [-0.4, -0.2) is 20.1 Å². The SMILES string of the molecule is CNc1cccc(C2C(C(=O)OC)=C(C)Nc3scc(C)c32)c1. The Hall–Kier alpha value is -2.27. The van der Waals surface area contributed by atoms with Crippen LogP contribution < -0.4 is 10.6 Å². The maximum Gasteiger partial charge on any atom is 0.336 e. The second-order valence-electron chi connectivity index (χ2n) is 5.63. The van der Waals surface area contributed by atoms with E-state index in [2.05, 4.69) is 35.1 Å². The number of thiophene rings is 1. The lowest BCUT2D eigenvalue weighted by Gasteiger charge is -2.28. The van der Waals surface area contributed by atoms with Crippen LogP contribution >= 0.6 is 11.3 Å². The van der Waals surface area contributed by atoms with Crippen molar-refractivity contribution in [2.45, 2.75) is 19.8 Å². The van der Waals surface area contributed by atoms with E-state index in [-0.39, 0.29) is 11.9 Å². The molecule has 1 aliphatic rings. The maximum atomic E-state index is 12.4. The van der Waals surface area contributed by atoms with E-state index in [0.29, 0.717) is 5.57 Å². The van der Waals surface area contributed by atoms with Crippen LogP contribution in [0.15, 0.2) is 40.9 Å². The van der Waals surface area contributed by atoms with E-state index in [1.165, 1.54) is 12.7 Å². The van der Waals surface area contributed by atoms with E-state index in [0.717, 1.165) is 27.5 Å². The van der Waals surface area contributed by atoms with Crippen molar-refractivity contribution in [3.63, 3.8) is 0 Å². The van der Waals surface area contributed by atoms with Gasteiger partial charge in [-0.3, -0.25) is 0 Å². The number of hydrogen-bond donors (Lipinski definition) is 2. The molecule has 5 heteroatoms.